The lowest BCUT2D eigenvalue weighted by Gasteiger charge is -2.44. The van der Waals surface area contributed by atoms with E-state index in [0.29, 0.717) is 0 Å². The molecule has 2 heterocycles. The van der Waals surface area contributed by atoms with Crippen molar-refractivity contribution in [2.24, 2.45) is 11.8 Å². The molecule has 5 aromatic carbocycles. The van der Waals surface area contributed by atoms with E-state index < -0.39 is 0 Å². The van der Waals surface area contributed by atoms with Gasteiger partial charge in [0.2, 0.25) is 0 Å². The predicted molar refractivity (Wildman–Crippen MR) is 239 cm³/mol. The summed E-state index contributed by atoms with van der Waals surface area (Å²) in [5, 5.41) is 0. The van der Waals surface area contributed by atoms with Crippen LogP contribution in [0.3, 0.4) is 0 Å². The second-order valence-corrected chi connectivity index (χ2v) is 13.4. The second kappa shape index (κ2) is 22.1. The summed E-state index contributed by atoms with van der Waals surface area (Å²) in [5.74, 6) is 2.28. The van der Waals surface area contributed by atoms with E-state index in [4.69, 9.17) is 0 Å². The van der Waals surface area contributed by atoms with Crippen LogP contribution in [0.2, 0.25) is 0 Å². The maximum absolute atomic E-state index is 2.42. The Hall–Kier alpha value is -4.24. The van der Waals surface area contributed by atoms with Crippen LogP contribution in [-0.4, -0.2) is 6.71 Å². The first kappa shape index (κ1) is 41.5. The molecule has 0 saturated heterocycles. The van der Waals surface area contributed by atoms with Gasteiger partial charge in [-0.3, -0.25) is 0 Å². The Morgan fingerprint density at radius 3 is 1.06 bits per heavy atom. The SMILES string of the molecule is C1CCC(C2CCCCC2)CC1.CC.CC.CC.CC.c1ccc(N2c3ccccc3B3c4ccccc4N(c4ccccc4)c4cccc2c43)cc1. The topological polar surface area (TPSA) is 6.48 Å². The lowest BCUT2D eigenvalue weighted by atomic mass is 9.33. The van der Waals surface area contributed by atoms with E-state index in [1.54, 1.807) is 25.7 Å². The van der Waals surface area contributed by atoms with Gasteiger partial charge in [-0.1, -0.05) is 198 Å². The molecule has 2 saturated carbocycles. The summed E-state index contributed by atoms with van der Waals surface area (Å²) < 4.78 is 0. The Balaban J connectivity index is 0.000000263. The first-order valence-corrected chi connectivity index (χ1v) is 21.4. The van der Waals surface area contributed by atoms with Crippen LogP contribution >= 0.6 is 0 Å². The van der Waals surface area contributed by atoms with Gasteiger partial charge in [0.15, 0.2) is 0 Å². The Labute approximate surface area is 324 Å². The lowest BCUT2D eigenvalue weighted by Crippen LogP contribution is -2.61. The molecule has 0 aromatic heterocycles. The number of hydrogen-bond acceptors (Lipinski definition) is 2. The Bertz CT molecular complexity index is 1610. The summed E-state index contributed by atoms with van der Waals surface area (Å²) in [6.07, 6.45) is 15.4. The monoisotopic (exact) mass is 707 g/mol. The number of anilines is 6. The van der Waals surface area contributed by atoms with Gasteiger partial charge in [-0.25, -0.2) is 0 Å². The number of nitrogens with zero attached hydrogens (tertiary/aromatic N) is 2. The van der Waals surface area contributed by atoms with Crippen molar-refractivity contribution in [1.82, 2.24) is 0 Å². The highest BCUT2D eigenvalue weighted by molar-refractivity contribution is 7.00. The lowest BCUT2D eigenvalue weighted by molar-refractivity contribution is 0.196. The smallest absolute Gasteiger partial charge is 0.252 e. The molecule has 0 spiro atoms. The van der Waals surface area contributed by atoms with Gasteiger partial charge in [-0.05, 0) is 76.8 Å². The van der Waals surface area contributed by atoms with Gasteiger partial charge in [0.1, 0.15) is 0 Å². The van der Waals surface area contributed by atoms with Crippen molar-refractivity contribution in [3.05, 3.63) is 127 Å². The van der Waals surface area contributed by atoms with Gasteiger partial charge < -0.3 is 9.80 Å². The zero-order valence-electron chi connectivity index (χ0n) is 34.3. The molecule has 0 atom stereocenters. The molecule has 2 aliphatic heterocycles. The molecule has 2 nitrogen and oxygen atoms in total. The van der Waals surface area contributed by atoms with Crippen LogP contribution in [0.15, 0.2) is 127 Å². The van der Waals surface area contributed by atoms with Crippen molar-refractivity contribution in [2.45, 2.75) is 120 Å². The van der Waals surface area contributed by atoms with Crippen molar-refractivity contribution >= 4 is 57.2 Å². The molecule has 0 N–H and O–H groups in total. The Kier molecular flexibility index (Phi) is 17.3. The Morgan fingerprint density at radius 1 is 0.358 bits per heavy atom. The zero-order chi connectivity index (χ0) is 38.0. The van der Waals surface area contributed by atoms with E-state index in [1.165, 1.54) is 89.0 Å². The van der Waals surface area contributed by atoms with Crippen molar-refractivity contribution < 1.29 is 0 Å². The quantitative estimate of drug-likeness (QED) is 0.169. The highest BCUT2D eigenvalue weighted by atomic mass is 15.2. The van der Waals surface area contributed by atoms with Crippen LogP contribution in [0.5, 0.6) is 0 Å². The number of benzene rings is 5. The normalized spacial score (nSPS) is 15.3. The molecule has 3 heteroatoms. The van der Waals surface area contributed by atoms with Crippen LogP contribution in [0.1, 0.15) is 120 Å². The molecule has 4 aliphatic rings. The molecular formula is C50H67BN2. The predicted octanol–water partition coefficient (Wildman–Crippen LogP) is 14.0. The van der Waals surface area contributed by atoms with Gasteiger partial charge >= 0.3 is 0 Å². The van der Waals surface area contributed by atoms with Gasteiger partial charge in [-0.2, -0.15) is 0 Å². The Morgan fingerprint density at radius 2 is 0.679 bits per heavy atom. The maximum Gasteiger partial charge on any atom is 0.252 e. The van der Waals surface area contributed by atoms with Gasteiger partial charge in [0.25, 0.3) is 6.71 Å². The number of rotatable bonds is 3. The molecule has 2 aliphatic carbocycles. The van der Waals surface area contributed by atoms with Gasteiger partial charge in [0, 0.05) is 34.1 Å². The molecule has 9 rings (SSSR count). The van der Waals surface area contributed by atoms with Crippen LogP contribution < -0.4 is 26.2 Å². The highest BCUT2D eigenvalue weighted by Crippen LogP contribution is 2.43. The standard InChI is InChI=1S/C30H21BN2.C12H22.4C2H6/c1-3-12-22(13-4-1)32-26-18-9-7-16-24(26)31-25-17-8-10-19-27(25)33(23-14-5-2-6-15-23)29-21-11-20-28(32)30(29)31;1-3-7-11(8-4-1)12-9-5-2-6-10-12;4*1-2/h1-21H;11-12H,1-10H2;4*1-2H3. The molecule has 5 aromatic rings. The van der Waals surface area contributed by atoms with E-state index in [-0.39, 0.29) is 6.71 Å². The van der Waals surface area contributed by atoms with Crippen LogP contribution in [0.4, 0.5) is 34.1 Å². The first-order valence-electron chi connectivity index (χ1n) is 21.4. The molecule has 0 amide bonds. The van der Waals surface area contributed by atoms with E-state index in [1.807, 2.05) is 55.4 Å². The fourth-order valence-electron chi connectivity index (χ4n) is 8.76. The zero-order valence-corrected chi connectivity index (χ0v) is 34.3. The van der Waals surface area contributed by atoms with E-state index in [9.17, 15) is 0 Å². The van der Waals surface area contributed by atoms with Crippen LogP contribution in [0, 0.1) is 11.8 Å². The minimum atomic E-state index is 0.198. The molecule has 2 fully saturated rings. The van der Waals surface area contributed by atoms with Crippen LogP contribution in [-0.2, 0) is 0 Å². The number of hydrogen-bond donors (Lipinski definition) is 0. The fourth-order valence-corrected chi connectivity index (χ4v) is 8.76. The number of fused-ring (bicyclic) bond motifs is 4. The average Bonchev–Trinajstić information content (AvgIpc) is 3.28. The third-order valence-electron chi connectivity index (χ3n) is 10.8. The molecule has 53 heavy (non-hydrogen) atoms. The van der Waals surface area contributed by atoms with Crippen molar-refractivity contribution in [3.63, 3.8) is 0 Å². The third kappa shape index (κ3) is 9.29. The van der Waals surface area contributed by atoms with E-state index in [0.717, 1.165) is 11.8 Å². The summed E-state index contributed by atoms with van der Waals surface area (Å²) in [4.78, 5) is 4.84. The van der Waals surface area contributed by atoms with Gasteiger partial charge in [-0.15, -0.1) is 0 Å². The largest absolute Gasteiger partial charge is 0.311 e. The summed E-state index contributed by atoms with van der Waals surface area (Å²) in [5.41, 5.74) is 11.4. The highest BCUT2D eigenvalue weighted by Gasteiger charge is 2.42. The van der Waals surface area contributed by atoms with E-state index >= 15 is 0 Å². The maximum atomic E-state index is 2.42. The van der Waals surface area contributed by atoms with E-state index in [2.05, 4.69) is 137 Å². The summed E-state index contributed by atoms with van der Waals surface area (Å²) >= 11 is 0. The minimum absolute atomic E-state index is 0.198. The minimum Gasteiger partial charge on any atom is -0.311 e. The van der Waals surface area contributed by atoms with Crippen molar-refractivity contribution in [1.29, 1.82) is 0 Å². The third-order valence-corrected chi connectivity index (χ3v) is 10.8. The number of para-hydroxylation sites is 4. The fraction of sp³-hybridized carbons (Fsp3) is 0.400. The van der Waals surface area contributed by atoms with Gasteiger partial charge in [0.05, 0.1) is 0 Å². The molecule has 0 bridgehead atoms. The summed E-state index contributed by atoms with van der Waals surface area (Å²) in [6.45, 7) is 16.2. The first-order chi connectivity index (χ1) is 26.4. The average molecular weight is 707 g/mol. The second-order valence-electron chi connectivity index (χ2n) is 13.4. The summed E-state index contributed by atoms with van der Waals surface area (Å²) in [6, 6.07) is 45.9. The molecule has 0 unspecified atom stereocenters. The molecule has 280 valence electrons. The van der Waals surface area contributed by atoms with Crippen LogP contribution in [0.25, 0.3) is 0 Å². The molecule has 0 radical (unpaired) electrons. The van der Waals surface area contributed by atoms with Crippen molar-refractivity contribution in [3.8, 4) is 0 Å². The summed E-state index contributed by atoms with van der Waals surface area (Å²) in [7, 11) is 0. The van der Waals surface area contributed by atoms with Crippen molar-refractivity contribution in [2.75, 3.05) is 9.80 Å². The molecular weight excluding hydrogens is 639 g/mol.